The smallest absolute Gasteiger partial charge is 0.313 e. The van der Waals surface area contributed by atoms with Gasteiger partial charge in [-0.2, -0.15) is 0 Å². The van der Waals surface area contributed by atoms with E-state index in [0.717, 1.165) is 22.7 Å². The molecule has 156 valence electrons. The average molecular weight is 420 g/mol. The zero-order valence-electron chi connectivity index (χ0n) is 17.2. The van der Waals surface area contributed by atoms with Gasteiger partial charge in [0.1, 0.15) is 12.4 Å². The number of carbonyl (C=O) groups is 2. The van der Waals surface area contributed by atoms with Crippen molar-refractivity contribution in [2.24, 2.45) is 5.92 Å². The number of ether oxygens (including phenoxy) is 3. The van der Waals surface area contributed by atoms with Crippen molar-refractivity contribution < 1.29 is 23.8 Å². The van der Waals surface area contributed by atoms with Gasteiger partial charge in [0.15, 0.2) is 6.61 Å². The highest BCUT2D eigenvalue weighted by Gasteiger charge is 2.28. The molecule has 0 saturated heterocycles. The Morgan fingerprint density at radius 2 is 2.07 bits per heavy atom. The summed E-state index contributed by atoms with van der Waals surface area (Å²) in [6.45, 7) is 6.36. The number of esters is 1. The molecule has 0 spiro atoms. The van der Waals surface area contributed by atoms with E-state index >= 15 is 0 Å². The summed E-state index contributed by atoms with van der Waals surface area (Å²) >= 11 is 6.02. The summed E-state index contributed by atoms with van der Waals surface area (Å²) in [5, 5.41) is 0.592. The van der Waals surface area contributed by atoms with Gasteiger partial charge in [-0.25, -0.2) is 0 Å². The van der Waals surface area contributed by atoms with Gasteiger partial charge in [0.25, 0.3) is 0 Å². The van der Waals surface area contributed by atoms with E-state index in [0.29, 0.717) is 23.6 Å². The number of hydrogen-bond acceptors (Lipinski definition) is 5. The van der Waals surface area contributed by atoms with Gasteiger partial charge in [-0.1, -0.05) is 11.6 Å². The number of Topliss-reactive ketones (excluding diaryl/α,β-unsaturated/α-hetero) is 1. The maximum absolute atomic E-state index is 12.7. The van der Waals surface area contributed by atoms with Crippen LogP contribution < -0.4 is 4.74 Å². The molecule has 6 nitrogen and oxygen atoms in total. The second-order valence-electron chi connectivity index (χ2n) is 7.45. The Labute approximate surface area is 175 Å². The second-order valence-corrected chi connectivity index (χ2v) is 7.89. The van der Waals surface area contributed by atoms with Gasteiger partial charge < -0.3 is 18.8 Å². The number of hydrogen-bond donors (Lipinski definition) is 0. The number of benzene rings is 1. The molecule has 0 N–H and O–H groups in total. The largest absolute Gasteiger partial charge is 0.492 e. The van der Waals surface area contributed by atoms with E-state index in [1.54, 1.807) is 25.3 Å². The van der Waals surface area contributed by atoms with E-state index in [4.69, 9.17) is 25.8 Å². The molecule has 0 amide bonds. The van der Waals surface area contributed by atoms with Gasteiger partial charge >= 0.3 is 5.97 Å². The molecule has 0 unspecified atom stereocenters. The highest BCUT2D eigenvalue weighted by Crippen LogP contribution is 2.30. The van der Waals surface area contributed by atoms with E-state index in [1.807, 2.05) is 26.8 Å². The Morgan fingerprint density at radius 3 is 2.79 bits per heavy atom. The number of fused-ring (bicyclic) bond motifs is 1. The minimum absolute atomic E-state index is 0.107. The molecular formula is C22H26ClNO5. The first-order valence-electron chi connectivity index (χ1n) is 9.60. The zero-order valence-corrected chi connectivity index (χ0v) is 17.9. The van der Waals surface area contributed by atoms with Gasteiger partial charge in [0.05, 0.1) is 18.6 Å². The van der Waals surface area contributed by atoms with E-state index in [2.05, 4.69) is 4.57 Å². The molecule has 0 fully saturated rings. The Balaban J connectivity index is 1.62. The standard InChI is InChI=1S/C22H26ClNO5/c1-13-7-19(15(3)24(13)14(2)10-27-4)20(25)12-29-22(26)17-8-16-9-18(23)5-6-21(16)28-11-17/h5-7,9,14,17H,8,10-12H2,1-4H3/t14-,17-/m1/s1. The molecule has 0 aliphatic carbocycles. The van der Waals surface area contributed by atoms with Crippen LogP contribution in [0.5, 0.6) is 5.75 Å². The van der Waals surface area contributed by atoms with Crippen molar-refractivity contribution in [1.29, 1.82) is 0 Å². The number of aryl methyl sites for hydroxylation is 1. The summed E-state index contributed by atoms with van der Waals surface area (Å²) < 4.78 is 18.2. The third kappa shape index (κ3) is 4.65. The topological polar surface area (TPSA) is 66.8 Å². The zero-order chi connectivity index (χ0) is 21.1. The van der Waals surface area contributed by atoms with Crippen LogP contribution in [0.4, 0.5) is 0 Å². The Hall–Kier alpha value is -2.31. The van der Waals surface area contributed by atoms with Crippen molar-refractivity contribution in [3.8, 4) is 5.75 Å². The normalized spacial score (nSPS) is 16.7. The summed E-state index contributed by atoms with van der Waals surface area (Å²) in [6, 6.07) is 7.28. The number of methoxy groups -OCH3 is 1. The minimum atomic E-state index is -0.456. The van der Waals surface area contributed by atoms with Crippen molar-refractivity contribution in [3.05, 3.63) is 51.8 Å². The molecule has 1 aromatic carbocycles. The molecule has 0 bridgehead atoms. The Morgan fingerprint density at radius 1 is 1.31 bits per heavy atom. The quantitative estimate of drug-likeness (QED) is 0.502. The van der Waals surface area contributed by atoms with Crippen molar-refractivity contribution >= 4 is 23.4 Å². The molecule has 0 saturated carbocycles. The third-order valence-electron chi connectivity index (χ3n) is 5.24. The van der Waals surface area contributed by atoms with E-state index < -0.39 is 11.9 Å². The van der Waals surface area contributed by atoms with Gasteiger partial charge in [0.2, 0.25) is 5.78 Å². The molecular weight excluding hydrogens is 394 g/mol. The molecule has 7 heteroatoms. The fourth-order valence-electron chi connectivity index (χ4n) is 3.90. The van der Waals surface area contributed by atoms with Crippen LogP contribution >= 0.6 is 11.6 Å². The molecule has 2 aromatic rings. The first-order chi connectivity index (χ1) is 13.8. The number of carbonyl (C=O) groups excluding carboxylic acids is 2. The van der Waals surface area contributed by atoms with Crippen LogP contribution in [0.3, 0.4) is 0 Å². The van der Waals surface area contributed by atoms with Gasteiger partial charge in [-0.3, -0.25) is 9.59 Å². The number of aromatic nitrogens is 1. The second kappa shape index (κ2) is 9.01. The SMILES string of the molecule is COC[C@@H](C)n1c(C)cc(C(=O)COC(=O)[C@H]2COc3ccc(Cl)cc3C2)c1C. The highest BCUT2D eigenvalue weighted by molar-refractivity contribution is 6.30. The van der Waals surface area contributed by atoms with Crippen molar-refractivity contribution in [3.63, 3.8) is 0 Å². The van der Waals surface area contributed by atoms with Crippen LogP contribution in [0.15, 0.2) is 24.3 Å². The van der Waals surface area contributed by atoms with E-state index in [-0.39, 0.29) is 25.0 Å². The minimum Gasteiger partial charge on any atom is -0.492 e. The number of ketones is 1. The predicted octanol–water partition coefficient (Wildman–Crippen LogP) is 3.94. The van der Waals surface area contributed by atoms with Crippen molar-refractivity contribution in [1.82, 2.24) is 4.57 Å². The Bertz CT molecular complexity index is 920. The third-order valence-corrected chi connectivity index (χ3v) is 5.48. The summed E-state index contributed by atoms with van der Waals surface area (Å²) in [5.74, 6) is -0.386. The molecule has 1 aliphatic heterocycles. The van der Waals surface area contributed by atoms with Crippen molar-refractivity contribution in [2.45, 2.75) is 33.2 Å². The fraction of sp³-hybridized carbons (Fsp3) is 0.455. The lowest BCUT2D eigenvalue weighted by molar-refractivity contribution is -0.148. The first kappa shape index (κ1) is 21.4. The fourth-order valence-corrected chi connectivity index (χ4v) is 4.09. The van der Waals surface area contributed by atoms with Gasteiger partial charge in [0, 0.05) is 29.1 Å². The lowest BCUT2D eigenvalue weighted by Crippen LogP contribution is -2.31. The molecule has 2 heterocycles. The van der Waals surface area contributed by atoms with Crippen LogP contribution in [0.25, 0.3) is 0 Å². The summed E-state index contributed by atoms with van der Waals surface area (Å²) in [5.41, 5.74) is 3.25. The highest BCUT2D eigenvalue weighted by atomic mass is 35.5. The van der Waals surface area contributed by atoms with Crippen LogP contribution in [0.2, 0.25) is 5.02 Å². The van der Waals surface area contributed by atoms with Crippen LogP contribution in [-0.2, 0) is 20.7 Å². The van der Waals surface area contributed by atoms with Gasteiger partial charge in [-0.05, 0) is 57.0 Å². The van der Waals surface area contributed by atoms with Crippen LogP contribution in [0.1, 0.15) is 40.3 Å². The first-order valence-corrected chi connectivity index (χ1v) is 9.98. The maximum atomic E-state index is 12.7. The molecule has 2 atom stereocenters. The van der Waals surface area contributed by atoms with E-state index in [1.165, 1.54) is 0 Å². The molecule has 3 rings (SSSR count). The van der Waals surface area contributed by atoms with Crippen LogP contribution in [-0.4, -0.2) is 43.3 Å². The maximum Gasteiger partial charge on any atom is 0.313 e. The molecule has 29 heavy (non-hydrogen) atoms. The van der Waals surface area contributed by atoms with E-state index in [9.17, 15) is 9.59 Å². The predicted molar refractivity (Wildman–Crippen MR) is 110 cm³/mol. The lowest BCUT2D eigenvalue weighted by atomic mass is 9.97. The summed E-state index contributed by atoms with van der Waals surface area (Å²) in [4.78, 5) is 25.1. The Kier molecular flexibility index (Phi) is 6.65. The van der Waals surface area contributed by atoms with Crippen molar-refractivity contribution in [2.75, 3.05) is 26.9 Å². The molecule has 1 aromatic heterocycles. The monoisotopic (exact) mass is 419 g/mol. The molecule has 1 aliphatic rings. The number of nitrogens with zero attached hydrogens (tertiary/aromatic N) is 1. The summed E-state index contributed by atoms with van der Waals surface area (Å²) in [6.07, 6.45) is 0.478. The molecule has 0 radical (unpaired) electrons. The van der Waals surface area contributed by atoms with Crippen LogP contribution in [0, 0.1) is 19.8 Å². The van der Waals surface area contributed by atoms with Gasteiger partial charge in [-0.15, -0.1) is 0 Å². The number of halogens is 1. The number of rotatable bonds is 7. The lowest BCUT2D eigenvalue weighted by Gasteiger charge is -2.24. The average Bonchev–Trinajstić information content (AvgIpc) is 2.99. The summed E-state index contributed by atoms with van der Waals surface area (Å²) in [7, 11) is 1.65.